The largest absolute Gasteiger partial charge is 0.381 e. The number of pyridine rings is 1. The molecule has 0 saturated carbocycles. The maximum Gasteiger partial charge on any atom is 0.171 e. The number of nitrogens with one attached hydrogen (secondary N) is 1. The second-order valence-electron chi connectivity index (χ2n) is 4.57. The molecule has 1 aliphatic heterocycles. The summed E-state index contributed by atoms with van der Waals surface area (Å²) in [6, 6.07) is 3.97. The Morgan fingerprint density at radius 3 is 2.60 bits per heavy atom. The first-order valence-electron chi connectivity index (χ1n) is 6.44. The minimum atomic E-state index is 0.221. The van der Waals surface area contributed by atoms with Crippen molar-refractivity contribution in [1.29, 1.82) is 0 Å². The first-order valence-corrected chi connectivity index (χ1v) is 6.82. The van der Waals surface area contributed by atoms with Gasteiger partial charge in [0, 0.05) is 37.9 Å². The Kier molecular flexibility index (Phi) is 3.66. The molecule has 20 heavy (non-hydrogen) atoms. The van der Waals surface area contributed by atoms with Crippen molar-refractivity contribution in [2.45, 2.75) is 0 Å². The molecule has 1 saturated heterocycles. The molecule has 0 aromatic carbocycles. The summed E-state index contributed by atoms with van der Waals surface area (Å²) in [7, 11) is 0. The first kappa shape index (κ1) is 13.1. The molecule has 0 amide bonds. The van der Waals surface area contributed by atoms with Crippen LogP contribution in [-0.4, -0.2) is 41.1 Å². The van der Waals surface area contributed by atoms with Crippen molar-refractivity contribution in [2.75, 3.05) is 36.8 Å². The van der Waals surface area contributed by atoms with Gasteiger partial charge in [0.1, 0.15) is 5.82 Å². The number of piperazine rings is 1. The standard InChI is InChI=1S/C13H15ClN6/c14-12-13(15)19-10(8-18-12)9-1-2-11(17-7-9)20-5-3-16-4-6-20/h1-2,7-8,16H,3-6H2,(H2,15,19). The Bertz CT molecular complexity index is 594. The predicted octanol–water partition coefficient (Wildman–Crippen LogP) is 1.18. The lowest BCUT2D eigenvalue weighted by Gasteiger charge is -2.28. The molecule has 0 aliphatic carbocycles. The second-order valence-corrected chi connectivity index (χ2v) is 4.93. The third-order valence-corrected chi connectivity index (χ3v) is 3.53. The Morgan fingerprint density at radius 2 is 1.95 bits per heavy atom. The van der Waals surface area contributed by atoms with Crippen molar-refractivity contribution in [2.24, 2.45) is 0 Å². The summed E-state index contributed by atoms with van der Waals surface area (Å²) in [5, 5.41) is 3.54. The molecule has 1 fully saturated rings. The summed E-state index contributed by atoms with van der Waals surface area (Å²) >= 11 is 5.77. The molecule has 0 atom stereocenters. The maximum atomic E-state index is 5.77. The minimum absolute atomic E-state index is 0.221. The third kappa shape index (κ3) is 2.66. The van der Waals surface area contributed by atoms with Crippen LogP contribution in [0, 0.1) is 0 Å². The number of halogens is 1. The first-order chi connectivity index (χ1) is 9.74. The Balaban J connectivity index is 1.83. The summed E-state index contributed by atoms with van der Waals surface area (Å²) in [5.74, 6) is 1.21. The highest BCUT2D eigenvalue weighted by Crippen LogP contribution is 2.22. The number of aromatic nitrogens is 3. The fourth-order valence-electron chi connectivity index (χ4n) is 2.15. The smallest absolute Gasteiger partial charge is 0.171 e. The van der Waals surface area contributed by atoms with E-state index in [-0.39, 0.29) is 11.0 Å². The highest BCUT2D eigenvalue weighted by molar-refractivity contribution is 6.31. The molecule has 3 heterocycles. The molecule has 2 aromatic rings. The molecule has 6 nitrogen and oxygen atoms in total. The molecule has 3 rings (SSSR count). The third-order valence-electron chi connectivity index (χ3n) is 3.24. The van der Waals surface area contributed by atoms with Gasteiger partial charge >= 0.3 is 0 Å². The van der Waals surface area contributed by atoms with Crippen molar-refractivity contribution in [3.8, 4) is 11.3 Å². The molecule has 1 aliphatic rings. The molecular weight excluding hydrogens is 276 g/mol. The van der Waals surface area contributed by atoms with Crippen LogP contribution in [0.15, 0.2) is 24.5 Å². The molecule has 3 N–H and O–H groups in total. The second kappa shape index (κ2) is 5.60. The lowest BCUT2D eigenvalue weighted by atomic mass is 10.2. The van der Waals surface area contributed by atoms with Crippen LogP contribution in [-0.2, 0) is 0 Å². The fourth-order valence-corrected chi connectivity index (χ4v) is 2.24. The van der Waals surface area contributed by atoms with E-state index >= 15 is 0 Å². The number of anilines is 2. The van der Waals surface area contributed by atoms with E-state index in [9.17, 15) is 0 Å². The van der Waals surface area contributed by atoms with Gasteiger partial charge < -0.3 is 16.0 Å². The summed E-state index contributed by atoms with van der Waals surface area (Å²) in [6.07, 6.45) is 3.38. The van der Waals surface area contributed by atoms with E-state index in [0.717, 1.165) is 37.6 Å². The fraction of sp³-hybridized carbons (Fsp3) is 0.308. The van der Waals surface area contributed by atoms with E-state index in [2.05, 4.69) is 25.2 Å². The topological polar surface area (TPSA) is 80.0 Å². The number of nitrogens with two attached hydrogens (primary N) is 1. The van der Waals surface area contributed by atoms with Gasteiger partial charge in [-0.1, -0.05) is 11.6 Å². The van der Waals surface area contributed by atoms with E-state index in [1.165, 1.54) is 0 Å². The Labute approximate surface area is 122 Å². The molecule has 104 valence electrons. The molecular formula is C13H15ClN6. The van der Waals surface area contributed by atoms with Crippen LogP contribution >= 0.6 is 11.6 Å². The summed E-state index contributed by atoms with van der Waals surface area (Å²) in [4.78, 5) is 14.9. The minimum Gasteiger partial charge on any atom is -0.381 e. The van der Waals surface area contributed by atoms with Crippen LogP contribution in [0.25, 0.3) is 11.3 Å². The van der Waals surface area contributed by atoms with Gasteiger partial charge in [0.05, 0.1) is 11.9 Å². The molecule has 7 heteroatoms. The van der Waals surface area contributed by atoms with Gasteiger partial charge in [-0.2, -0.15) is 0 Å². The lowest BCUT2D eigenvalue weighted by molar-refractivity contribution is 0.585. The predicted molar refractivity (Wildman–Crippen MR) is 79.8 cm³/mol. The van der Waals surface area contributed by atoms with E-state index in [1.807, 2.05) is 12.1 Å². The van der Waals surface area contributed by atoms with E-state index < -0.39 is 0 Å². The lowest BCUT2D eigenvalue weighted by Crippen LogP contribution is -2.43. The van der Waals surface area contributed by atoms with Crippen LogP contribution in [0.3, 0.4) is 0 Å². The van der Waals surface area contributed by atoms with Crippen LogP contribution < -0.4 is 16.0 Å². The van der Waals surface area contributed by atoms with E-state index in [0.29, 0.717) is 5.69 Å². The monoisotopic (exact) mass is 290 g/mol. The van der Waals surface area contributed by atoms with Crippen molar-refractivity contribution in [1.82, 2.24) is 20.3 Å². The number of rotatable bonds is 2. The van der Waals surface area contributed by atoms with Crippen molar-refractivity contribution in [3.05, 3.63) is 29.7 Å². The average Bonchev–Trinajstić information content (AvgIpc) is 2.51. The van der Waals surface area contributed by atoms with Gasteiger partial charge in [0.15, 0.2) is 11.0 Å². The molecule has 2 aromatic heterocycles. The summed E-state index contributed by atoms with van der Waals surface area (Å²) < 4.78 is 0. The van der Waals surface area contributed by atoms with Gasteiger partial charge in [-0.05, 0) is 12.1 Å². The number of hydrogen-bond donors (Lipinski definition) is 2. The van der Waals surface area contributed by atoms with Gasteiger partial charge in [0.25, 0.3) is 0 Å². The Morgan fingerprint density at radius 1 is 1.15 bits per heavy atom. The quantitative estimate of drug-likeness (QED) is 0.865. The van der Waals surface area contributed by atoms with Crippen LogP contribution in [0.4, 0.5) is 11.6 Å². The highest BCUT2D eigenvalue weighted by atomic mass is 35.5. The zero-order valence-electron chi connectivity index (χ0n) is 10.9. The molecule has 0 spiro atoms. The zero-order chi connectivity index (χ0) is 13.9. The zero-order valence-corrected chi connectivity index (χ0v) is 11.6. The van der Waals surface area contributed by atoms with Crippen molar-refractivity contribution < 1.29 is 0 Å². The Hall–Kier alpha value is -1.92. The van der Waals surface area contributed by atoms with Crippen LogP contribution in [0.2, 0.25) is 5.15 Å². The number of nitrogen functional groups attached to an aromatic ring is 1. The highest BCUT2D eigenvalue weighted by Gasteiger charge is 2.12. The summed E-state index contributed by atoms with van der Waals surface area (Å²) in [6.45, 7) is 3.92. The molecule has 0 radical (unpaired) electrons. The van der Waals surface area contributed by atoms with Crippen LogP contribution in [0.1, 0.15) is 0 Å². The van der Waals surface area contributed by atoms with Gasteiger partial charge in [0.2, 0.25) is 0 Å². The maximum absolute atomic E-state index is 5.77. The van der Waals surface area contributed by atoms with E-state index in [1.54, 1.807) is 12.4 Å². The van der Waals surface area contributed by atoms with Crippen LogP contribution in [0.5, 0.6) is 0 Å². The van der Waals surface area contributed by atoms with Crippen molar-refractivity contribution in [3.63, 3.8) is 0 Å². The SMILES string of the molecule is Nc1nc(-c2ccc(N3CCNCC3)nc2)cnc1Cl. The van der Waals surface area contributed by atoms with Gasteiger partial charge in [-0.25, -0.2) is 15.0 Å². The summed E-state index contributed by atoms with van der Waals surface area (Å²) in [5.41, 5.74) is 7.21. The van der Waals surface area contributed by atoms with E-state index in [4.69, 9.17) is 17.3 Å². The number of hydrogen-bond acceptors (Lipinski definition) is 6. The molecule has 0 unspecified atom stereocenters. The van der Waals surface area contributed by atoms with Gasteiger partial charge in [-0.15, -0.1) is 0 Å². The normalized spacial score (nSPS) is 15.3. The van der Waals surface area contributed by atoms with Crippen molar-refractivity contribution >= 4 is 23.2 Å². The molecule has 0 bridgehead atoms. The number of nitrogens with zero attached hydrogens (tertiary/aromatic N) is 4. The van der Waals surface area contributed by atoms with Gasteiger partial charge in [-0.3, -0.25) is 0 Å². The average molecular weight is 291 g/mol.